The highest BCUT2D eigenvalue weighted by Gasteiger charge is 2.29. The number of nitrogens with one attached hydrogen (secondary N) is 2. The molecule has 0 spiro atoms. The van der Waals surface area contributed by atoms with Crippen LogP contribution in [-0.2, 0) is 17.8 Å². The molecular weight excluding hydrogens is 368 g/mol. The van der Waals surface area contributed by atoms with Crippen LogP contribution in [0.15, 0.2) is 60.9 Å². The van der Waals surface area contributed by atoms with Crippen LogP contribution < -0.4 is 10.6 Å². The van der Waals surface area contributed by atoms with Gasteiger partial charge in [-0.15, -0.1) is 10.2 Å². The fourth-order valence-corrected chi connectivity index (χ4v) is 3.74. The van der Waals surface area contributed by atoms with Crippen molar-refractivity contribution in [1.82, 2.24) is 25.5 Å². The molecule has 0 radical (unpaired) electrons. The van der Waals surface area contributed by atoms with Crippen LogP contribution in [0.3, 0.4) is 0 Å². The van der Waals surface area contributed by atoms with E-state index >= 15 is 0 Å². The maximum absolute atomic E-state index is 12.0. The number of benzene rings is 2. The summed E-state index contributed by atoms with van der Waals surface area (Å²) in [6, 6.07) is 18.0. The van der Waals surface area contributed by atoms with Crippen molar-refractivity contribution in [2.75, 3.05) is 5.32 Å². The minimum Gasteiger partial charge on any atom is -0.387 e. The zero-order valence-electron chi connectivity index (χ0n) is 16.0. The number of carbonyl (C=O) groups is 1. The van der Waals surface area contributed by atoms with Gasteiger partial charge in [0.25, 0.3) is 0 Å². The smallest absolute Gasteiger partial charge is 0.248 e. The lowest BCUT2D eigenvalue weighted by Gasteiger charge is -2.20. The molecule has 3 aromatic rings. The van der Waals surface area contributed by atoms with Crippen LogP contribution in [0.25, 0.3) is 0 Å². The lowest BCUT2D eigenvalue weighted by atomic mass is 10.0. The van der Waals surface area contributed by atoms with Gasteiger partial charge in [0.15, 0.2) is 6.33 Å². The standard InChI is InChI=1S/C21H24N6O2/c28-20(13-27-23-14-22-26-27)25-17-8-6-15(7-9-17)12-18-10-11-19(24-18)21(29)16-4-2-1-3-5-16/h1-9,14,18-19,21,24,29H,10-13H2,(H,25,28)/t18-,19+,21+/m0/s1. The molecule has 2 aromatic carbocycles. The van der Waals surface area contributed by atoms with Gasteiger partial charge in [-0.25, -0.2) is 0 Å². The summed E-state index contributed by atoms with van der Waals surface area (Å²) in [5, 5.41) is 28.1. The SMILES string of the molecule is O=C(Cn1ncnn1)Nc1ccc(C[C@@H]2CC[C@H]([C@H](O)c3ccccc3)N2)cc1. The number of amides is 1. The zero-order chi connectivity index (χ0) is 20.1. The first kappa shape index (κ1) is 19.2. The minimum absolute atomic E-state index is 0.0267. The van der Waals surface area contributed by atoms with Crippen molar-refractivity contribution in [2.24, 2.45) is 0 Å². The third-order valence-corrected chi connectivity index (χ3v) is 5.19. The number of anilines is 1. The highest BCUT2D eigenvalue weighted by atomic mass is 16.3. The quantitative estimate of drug-likeness (QED) is 0.565. The Hall–Kier alpha value is -3.10. The van der Waals surface area contributed by atoms with Crippen LogP contribution in [0.4, 0.5) is 5.69 Å². The molecule has 4 rings (SSSR count). The maximum Gasteiger partial charge on any atom is 0.248 e. The Balaban J connectivity index is 1.27. The van der Waals surface area contributed by atoms with Crippen molar-refractivity contribution in [3.8, 4) is 0 Å². The number of tetrazole rings is 1. The Labute approximate surface area is 168 Å². The van der Waals surface area contributed by atoms with Crippen LogP contribution in [-0.4, -0.2) is 43.3 Å². The second-order valence-corrected chi connectivity index (χ2v) is 7.32. The number of hydrogen-bond acceptors (Lipinski definition) is 6. The summed E-state index contributed by atoms with van der Waals surface area (Å²) in [6.45, 7) is 0.0267. The number of aliphatic hydroxyl groups excluding tert-OH is 1. The van der Waals surface area contributed by atoms with E-state index in [9.17, 15) is 9.90 Å². The Kier molecular flexibility index (Phi) is 5.92. The van der Waals surface area contributed by atoms with E-state index in [1.54, 1.807) is 0 Å². The number of hydrogen-bond donors (Lipinski definition) is 3. The van der Waals surface area contributed by atoms with Gasteiger partial charge in [-0.1, -0.05) is 42.5 Å². The first-order valence-electron chi connectivity index (χ1n) is 9.76. The van der Waals surface area contributed by atoms with Gasteiger partial charge >= 0.3 is 0 Å². The summed E-state index contributed by atoms with van der Waals surface area (Å²) < 4.78 is 0. The van der Waals surface area contributed by atoms with E-state index in [0.29, 0.717) is 6.04 Å². The van der Waals surface area contributed by atoms with Crippen molar-refractivity contribution in [3.05, 3.63) is 72.1 Å². The van der Waals surface area contributed by atoms with Gasteiger partial charge in [0, 0.05) is 17.8 Å². The summed E-state index contributed by atoms with van der Waals surface area (Å²) in [5.74, 6) is -0.203. The van der Waals surface area contributed by atoms with Crippen molar-refractivity contribution in [3.63, 3.8) is 0 Å². The van der Waals surface area contributed by atoms with E-state index in [4.69, 9.17) is 0 Å². The normalized spacial score (nSPS) is 19.8. The predicted molar refractivity (Wildman–Crippen MR) is 108 cm³/mol. The molecule has 3 atom stereocenters. The first-order valence-corrected chi connectivity index (χ1v) is 9.76. The Morgan fingerprint density at radius 2 is 1.97 bits per heavy atom. The van der Waals surface area contributed by atoms with Gasteiger partial charge in [-0.2, -0.15) is 4.80 Å². The third-order valence-electron chi connectivity index (χ3n) is 5.19. The largest absolute Gasteiger partial charge is 0.387 e. The van der Waals surface area contributed by atoms with Gasteiger partial charge in [0.05, 0.1) is 6.10 Å². The second-order valence-electron chi connectivity index (χ2n) is 7.32. The number of carbonyl (C=O) groups excluding carboxylic acids is 1. The molecule has 0 saturated carbocycles. The summed E-state index contributed by atoms with van der Waals surface area (Å²) >= 11 is 0. The summed E-state index contributed by atoms with van der Waals surface area (Å²) in [4.78, 5) is 13.2. The zero-order valence-corrected chi connectivity index (χ0v) is 16.0. The molecule has 1 fully saturated rings. The molecule has 0 aliphatic carbocycles. The van der Waals surface area contributed by atoms with Gasteiger partial charge in [-0.05, 0) is 47.7 Å². The average Bonchev–Trinajstić information content (AvgIpc) is 3.42. The van der Waals surface area contributed by atoms with Gasteiger partial charge in [0.2, 0.25) is 5.91 Å². The molecule has 1 amide bonds. The molecule has 2 heterocycles. The average molecular weight is 392 g/mol. The van der Waals surface area contributed by atoms with Crippen molar-refractivity contribution >= 4 is 11.6 Å². The molecule has 0 unspecified atom stereocenters. The van der Waals surface area contributed by atoms with E-state index in [-0.39, 0.29) is 18.5 Å². The molecule has 0 bridgehead atoms. The second kappa shape index (κ2) is 8.93. The van der Waals surface area contributed by atoms with Crippen molar-refractivity contribution in [2.45, 2.75) is 44.0 Å². The maximum atomic E-state index is 12.0. The van der Waals surface area contributed by atoms with E-state index in [2.05, 4.69) is 26.0 Å². The molecule has 1 aliphatic heterocycles. The van der Waals surface area contributed by atoms with E-state index < -0.39 is 6.10 Å². The monoisotopic (exact) mass is 392 g/mol. The van der Waals surface area contributed by atoms with Crippen molar-refractivity contribution < 1.29 is 9.90 Å². The van der Waals surface area contributed by atoms with Crippen LogP contribution in [0.1, 0.15) is 30.1 Å². The first-order chi connectivity index (χ1) is 14.2. The van der Waals surface area contributed by atoms with Crippen LogP contribution in [0, 0.1) is 0 Å². The molecular formula is C21H24N6O2. The number of aliphatic hydroxyl groups is 1. The molecule has 1 saturated heterocycles. The predicted octanol–water partition coefficient (Wildman–Crippen LogP) is 1.71. The van der Waals surface area contributed by atoms with Gasteiger partial charge < -0.3 is 15.7 Å². The Bertz CT molecular complexity index is 914. The van der Waals surface area contributed by atoms with Crippen LogP contribution in [0.5, 0.6) is 0 Å². The lowest BCUT2D eigenvalue weighted by molar-refractivity contribution is -0.117. The number of nitrogens with zero attached hydrogens (tertiary/aromatic N) is 4. The molecule has 150 valence electrons. The molecule has 1 aromatic heterocycles. The van der Waals surface area contributed by atoms with Gasteiger partial charge in [-0.3, -0.25) is 4.79 Å². The van der Waals surface area contributed by atoms with Crippen LogP contribution >= 0.6 is 0 Å². The number of rotatable bonds is 7. The van der Waals surface area contributed by atoms with Crippen LogP contribution in [0.2, 0.25) is 0 Å². The third kappa shape index (κ3) is 5.04. The number of aromatic nitrogens is 4. The minimum atomic E-state index is -0.488. The summed E-state index contributed by atoms with van der Waals surface area (Å²) in [7, 11) is 0. The summed E-state index contributed by atoms with van der Waals surface area (Å²) in [5.41, 5.74) is 2.87. The highest BCUT2D eigenvalue weighted by molar-refractivity contribution is 5.90. The van der Waals surface area contributed by atoms with E-state index in [0.717, 1.165) is 30.5 Å². The topological polar surface area (TPSA) is 105 Å². The molecule has 3 N–H and O–H groups in total. The fraction of sp³-hybridized carbons (Fsp3) is 0.333. The van der Waals surface area contributed by atoms with E-state index in [1.807, 2.05) is 54.6 Å². The fourth-order valence-electron chi connectivity index (χ4n) is 3.74. The molecule has 1 aliphatic rings. The molecule has 29 heavy (non-hydrogen) atoms. The van der Waals surface area contributed by atoms with E-state index in [1.165, 1.54) is 16.7 Å². The highest BCUT2D eigenvalue weighted by Crippen LogP contribution is 2.26. The van der Waals surface area contributed by atoms with Gasteiger partial charge in [0.1, 0.15) is 6.54 Å². The van der Waals surface area contributed by atoms with Crippen molar-refractivity contribution in [1.29, 1.82) is 0 Å². The summed E-state index contributed by atoms with van der Waals surface area (Å²) in [6.07, 6.45) is 3.67. The molecule has 8 heteroatoms. The molecule has 8 nitrogen and oxygen atoms in total. The Morgan fingerprint density at radius 1 is 1.17 bits per heavy atom. The lowest BCUT2D eigenvalue weighted by Crippen LogP contribution is -2.35. The Morgan fingerprint density at radius 3 is 2.69 bits per heavy atom.